The Morgan fingerprint density at radius 3 is 1.61 bits per heavy atom. The lowest BCUT2D eigenvalue weighted by molar-refractivity contribution is -0.140. The third kappa shape index (κ3) is 23.8. The van der Waals surface area contributed by atoms with E-state index in [-0.39, 0.29) is 67.7 Å². The number of ether oxygens (including phenoxy) is 1. The molecule has 0 unspecified atom stereocenters. The third-order valence-electron chi connectivity index (χ3n) is 8.72. The van der Waals surface area contributed by atoms with Crippen LogP contribution in [0.3, 0.4) is 0 Å². The van der Waals surface area contributed by atoms with Gasteiger partial charge in [0.05, 0.1) is 37.8 Å². The number of nitrogens with one attached hydrogen (secondary N) is 5. The van der Waals surface area contributed by atoms with Crippen LogP contribution in [0.15, 0.2) is 24.3 Å². The van der Waals surface area contributed by atoms with Crippen LogP contribution >= 0.6 is 13.5 Å². The lowest BCUT2D eigenvalue weighted by Gasteiger charge is -2.29. The lowest BCUT2D eigenvalue weighted by atomic mass is 9.97. The second kappa shape index (κ2) is 28.5. The number of hydrogen-bond donors (Lipinski definition) is 8. The van der Waals surface area contributed by atoms with E-state index in [1.54, 1.807) is 40.0 Å². The van der Waals surface area contributed by atoms with E-state index in [2.05, 4.69) is 26.6 Å². The van der Waals surface area contributed by atoms with Gasteiger partial charge in [-0.1, -0.05) is 74.4 Å². The van der Waals surface area contributed by atoms with E-state index in [0.29, 0.717) is 25.0 Å². The first-order chi connectivity index (χ1) is 26.0. The number of hydrogen-bond acceptors (Lipinski definition) is 9. The molecule has 0 aliphatic carbocycles. The number of carbonyl (C=O) groups excluding carboxylic acids is 5. The first-order valence-corrected chi connectivity index (χ1v) is 19.7. The maximum absolute atomic E-state index is 13.3. The Morgan fingerprint density at radius 1 is 0.649 bits per heavy atom. The van der Waals surface area contributed by atoms with Crippen molar-refractivity contribution in [3.8, 4) is 5.75 Å². The van der Waals surface area contributed by atoms with Crippen LogP contribution in [0.1, 0.15) is 114 Å². The summed E-state index contributed by atoms with van der Waals surface area (Å²) in [6, 6.07) is 3.84. The van der Waals surface area contributed by atoms with E-state index in [1.165, 1.54) is 0 Å². The molecule has 1 aromatic rings. The van der Waals surface area contributed by atoms with Crippen molar-refractivity contribution in [1.82, 2.24) is 26.6 Å². The van der Waals surface area contributed by atoms with E-state index < -0.39 is 66.6 Å². The first kappa shape index (κ1) is 55.2. The number of benzene rings is 1. The predicted molar refractivity (Wildman–Crippen MR) is 226 cm³/mol. The zero-order valence-corrected chi connectivity index (χ0v) is 37.1. The summed E-state index contributed by atoms with van der Waals surface area (Å²) in [6.07, 6.45) is -0.406. The van der Waals surface area contributed by atoms with Crippen molar-refractivity contribution in [1.29, 1.82) is 0 Å². The van der Waals surface area contributed by atoms with Crippen LogP contribution in [0.2, 0.25) is 0 Å². The van der Waals surface area contributed by atoms with Gasteiger partial charge in [0.25, 0.3) is 0 Å². The van der Waals surface area contributed by atoms with Crippen LogP contribution in [0.25, 0.3) is 0 Å². The summed E-state index contributed by atoms with van der Waals surface area (Å²) in [6.45, 7) is 20.3. The van der Waals surface area contributed by atoms with Gasteiger partial charge >= 0.3 is 5.97 Å². The topological polar surface area (TPSA) is 232 Å². The van der Waals surface area contributed by atoms with Gasteiger partial charge in [-0.25, -0.2) is 0 Å². The summed E-state index contributed by atoms with van der Waals surface area (Å²) in [5, 5.41) is 42.5. The fourth-order valence-electron chi connectivity index (χ4n) is 5.63. The van der Waals surface area contributed by atoms with E-state index in [1.807, 2.05) is 67.5 Å². The van der Waals surface area contributed by atoms with Crippen molar-refractivity contribution in [2.45, 2.75) is 157 Å². The Bertz CT molecular complexity index is 1370. The minimum Gasteiger partial charge on any atom is -0.497 e. The van der Waals surface area contributed by atoms with Crippen molar-refractivity contribution in [2.75, 3.05) is 7.11 Å². The molecular weight excluding hydrogens is 755 g/mol. The van der Waals surface area contributed by atoms with Gasteiger partial charge in [-0.15, -0.1) is 0 Å². The molecule has 0 fully saturated rings. The van der Waals surface area contributed by atoms with Gasteiger partial charge < -0.3 is 46.6 Å². The Morgan fingerprint density at radius 2 is 1.18 bits per heavy atom. The summed E-state index contributed by atoms with van der Waals surface area (Å²) in [5.74, 6) is -1.69. The smallest absolute Gasteiger partial charge is 0.306 e. The molecule has 0 bridgehead atoms. The summed E-state index contributed by atoms with van der Waals surface area (Å²) < 4.78 is 5.20. The molecule has 0 aliphatic heterocycles. The van der Waals surface area contributed by atoms with Crippen LogP contribution < -0.4 is 31.3 Å². The normalized spacial score (nSPS) is 14.7. The van der Waals surface area contributed by atoms with Gasteiger partial charge in [0.15, 0.2) is 0 Å². The van der Waals surface area contributed by atoms with Crippen molar-refractivity contribution in [3.63, 3.8) is 0 Å². The molecule has 5 amide bonds. The number of rotatable bonds is 23. The number of aliphatic carboxylic acids is 1. The molecule has 8 N–H and O–H groups in total. The molecule has 0 aromatic heterocycles. The molecule has 0 saturated carbocycles. The fraction of sp³-hybridized carbons (Fsp3) is 0.707. The Hall–Kier alpha value is -3.89. The molecule has 328 valence electrons. The predicted octanol–water partition coefficient (Wildman–Crippen LogP) is 3.20. The summed E-state index contributed by atoms with van der Waals surface area (Å²) in [7, 11) is 1.58. The van der Waals surface area contributed by atoms with Gasteiger partial charge in [0, 0.05) is 19.3 Å². The number of carbonyl (C=O) groups is 6. The van der Waals surface area contributed by atoms with E-state index in [9.17, 15) is 39.0 Å². The fourth-order valence-corrected chi connectivity index (χ4v) is 5.63. The standard InChI is InChI=1S/C27H45N3O5.C14H26N2O5.H2S/c1-16(2)13-22(19(7)31)29-27(34)25(18(5)6)30-26(33)23(28-24(32)14-17(3)4)15-20-9-11-21(35-8)12-10-20;1-5-12(18)15-9(4)14(21)16-10(6-8(2)3)11(17)7-13(19)20;/h9-12,16-19,22-23,25,31H,13-15H2,1-8H3,(H,28,32)(H,29,34)(H,30,33);8-11,17H,5-7H2,1-4H3,(H,15,18)(H,16,21)(H,19,20);1H2/t19-,22-,23-,25-;9-,10-,11-;/m00./s1. The molecule has 0 spiro atoms. The Kier molecular flexibility index (Phi) is 27.6. The molecule has 1 rings (SSSR count). The lowest BCUT2D eigenvalue weighted by Crippen LogP contribution is -2.58. The number of amides is 5. The summed E-state index contributed by atoms with van der Waals surface area (Å²) >= 11 is 0. The SMILES string of the molecule is CCC(=O)N[C@@H](C)C(=O)N[C@@H](CC(C)C)[C@@H](O)CC(=O)O.COc1ccc(C[C@H](NC(=O)CC(C)C)C(=O)N[C@H](C(=O)N[C@@H](CC(C)C)[C@H](C)O)C(C)C)cc1.S. The molecule has 0 aliphatic rings. The molecule has 15 nitrogen and oxygen atoms in total. The van der Waals surface area contributed by atoms with Crippen molar-refractivity contribution < 1.29 is 48.8 Å². The molecule has 0 radical (unpaired) electrons. The average molecular weight is 828 g/mol. The average Bonchev–Trinajstić information content (AvgIpc) is 3.08. The highest BCUT2D eigenvalue weighted by Crippen LogP contribution is 2.15. The van der Waals surface area contributed by atoms with Crippen LogP contribution in [0.5, 0.6) is 5.75 Å². The monoisotopic (exact) mass is 828 g/mol. The van der Waals surface area contributed by atoms with Gasteiger partial charge in [0.1, 0.15) is 23.9 Å². The zero-order chi connectivity index (χ0) is 43.3. The van der Waals surface area contributed by atoms with Gasteiger partial charge in [-0.2, -0.15) is 13.5 Å². The van der Waals surface area contributed by atoms with Gasteiger partial charge in [0.2, 0.25) is 29.5 Å². The highest BCUT2D eigenvalue weighted by molar-refractivity contribution is 7.59. The van der Waals surface area contributed by atoms with Crippen LogP contribution in [-0.2, 0) is 35.2 Å². The molecule has 0 saturated heterocycles. The minimum atomic E-state index is -1.16. The number of methoxy groups -OCH3 is 1. The molecule has 1 aromatic carbocycles. The first-order valence-electron chi connectivity index (χ1n) is 19.7. The number of carboxylic acid groups (broad SMARTS) is 1. The van der Waals surface area contributed by atoms with Crippen LogP contribution in [-0.4, -0.2) is 100 Å². The quantitative estimate of drug-likeness (QED) is 0.0803. The molecule has 57 heavy (non-hydrogen) atoms. The third-order valence-corrected chi connectivity index (χ3v) is 8.72. The maximum atomic E-state index is 13.3. The maximum Gasteiger partial charge on any atom is 0.306 e. The van der Waals surface area contributed by atoms with Crippen molar-refractivity contribution in [3.05, 3.63) is 29.8 Å². The minimum absolute atomic E-state index is 0. The van der Waals surface area contributed by atoms with Gasteiger partial charge in [-0.3, -0.25) is 28.8 Å². The second-order valence-electron chi connectivity index (χ2n) is 16.0. The molecule has 16 heteroatoms. The zero-order valence-electron chi connectivity index (χ0n) is 36.1. The number of aliphatic hydroxyl groups is 2. The van der Waals surface area contributed by atoms with E-state index in [0.717, 1.165) is 5.56 Å². The Labute approximate surface area is 347 Å². The summed E-state index contributed by atoms with van der Waals surface area (Å²) in [5.41, 5.74) is 0.854. The van der Waals surface area contributed by atoms with E-state index in [4.69, 9.17) is 9.84 Å². The number of carboxylic acids is 1. The van der Waals surface area contributed by atoms with E-state index >= 15 is 0 Å². The second-order valence-corrected chi connectivity index (χ2v) is 16.0. The largest absolute Gasteiger partial charge is 0.497 e. The van der Waals surface area contributed by atoms with Gasteiger partial charge in [-0.05, 0) is 68.1 Å². The molecule has 0 heterocycles. The molecular formula is C41H73N5O10S. The van der Waals surface area contributed by atoms with Crippen LogP contribution in [0, 0.1) is 23.7 Å². The van der Waals surface area contributed by atoms with Crippen molar-refractivity contribution >= 4 is 49.0 Å². The highest BCUT2D eigenvalue weighted by Gasteiger charge is 2.31. The summed E-state index contributed by atoms with van der Waals surface area (Å²) in [4.78, 5) is 72.9. The van der Waals surface area contributed by atoms with Crippen LogP contribution in [0.4, 0.5) is 0 Å². The number of aliphatic hydroxyl groups excluding tert-OH is 2. The highest BCUT2D eigenvalue weighted by atomic mass is 32.1. The van der Waals surface area contributed by atoms with Crippen molar-refractivity contribution in [2.24, 2.45) is 23.7 Å². The molecule has 7 atom stereocenters. The Balaban J connectivity index is 0.